The number of rotatable bonds is 10. The van der Waals surface area contributed by atoms with Gasteiger partial charge in [-0.3, -0.25) is 18.6 Å². The van der Waals surface area contributed by atoms with E-state index < -0.39 is 23.3 Å². The lowest BCUT2D eigenvalue weighted by atomic mass is 10.0. The summed E-state index contributed by atoms with van der Waals surface area (Å²) >= 11 is -1.07. The highest BCUT2D eigenvalue weighted by Gasteiger charge is 2.29. The van der Waals surface area contributed by atoms with Gasteiger partial charge in [0.2, 0.25) is 0 Å². The van der Waals surface area contributed by atoms with Crippen molar-refractivity contribution in [3.8, 4) is 0 Å². The summed E-state index contributed by atoms with van der Waals surface area (Å²) in [7, 11) is 0. The molecule has 1 amide bonds. The molecule has 13 heteroatoms. The Hall–Kier alpha value is -4.98. The number of amidine groups is 1. The van der Waals surface area contributed by atoms with Crippen molar-refractivity contribution >= 4 is 61.9 Å². The average Bonchev–Trinajstić information content (AvgIpc) is 3.44. The molecule has 218 valence electrons. The van der Waals surface area contributed by atoms with Gasteiger partial charge in [-0.05, 0) is 54.1 Å². The van der Waals surface area contributed by atoms with Gasteiger partial charge in [-0.1, -0.05) is 41.6 Å². The quantitative estimate of drug-likeness (QED) is 0.0647. The van der Waals surface area contributed by atoms with Crippen molar-refractivity contribution in [3.63, 3.8) is 0 Å². The number of anilines is 2. The van der Waals surface area contributed by atoms with E-state index in [9.17, 15) is 18.4 Å². The molecule has 0 aliphatic carbocycles. The molecule has 0 bridgehead atoms. The molecule has 43 heavy (non-hydrogen) atoms. The molecule has 5 aromatic rings. The molecule has 5 rings (SSSR count). The highest BCUT2D eigenvalue weighted by molar-refractivity contribution is 7.80. The van der Waals surface area contributed by atoms with Crippen LogP contribution in [0.25, 0.3) is 10.2 Å². The molecule has 0 fully saturated rings. The largest absolute Gasteiger partial charge is 0.380 e. The van der Waals surface area contributed by atoms with Gasteiger partial charge in [0.05, 0.1) is 21.5 Å². The van der Waals surface area contributed by atoms with Gasteiger partial charge in [-0.2, -0.15) is 0 Å². The number of oxime groups is 1. The van der Waals surface area contributed by atoms with Crippen LogP contribution in [0, 0.1) is 0 Å². The van der Waals surface area contributed by atoms with Gasteiger partial charge in [-0.25, -0.2) is 14.0 Å². The van der Waals surface area contributed by atoms with Gasteiger partial charge in [0.15, 0.2) is 5.84 Å². The Labute approximate surface area is 253 Å². The van der Waals surface area contributed by atoms with Gasteiger partial charge >= 0.3 is 5.97 Å². The number of carbonyl (C=O) groups excluding carboxylic acids is 2. The fourth-order valence-corrected chi connectivity index (χ4v) is 6.16. The Kier molecular flexibility index (Phi) is 9.15. The van der Waals surface area contributed by atoms with Crippen LogP contribution in [0.15, 0.2) is 102 Å². The lowest BCUT2D eigenvalue weighted by Gasteiger charge is -2.29. The number of pyridine rings is 1. The smallest absolute Gasteiger partial charge is 0.332 e. The molecule has 2 atom stereocenters. The second kappa shape index (κ2) is 13.3. The predicted octanol–water partition coefficient (Wildman–Crippen LogP) is 5.05. The van der Waals surface area contributed by atoms with Crippen LogP contribution < -0.4 is 15.4 Å². The lowest BCUT2D eigenvalue weighted by molar-refractivity contribution is -0.140. The third-order valence-corrected chi connectivity index (χ3v) is 8.19. The molecule has 0 spiro atoms. The fourth-order valence-electron chi connectivity index (χ4n) is 4.35. The summed E-state index contributed by atoms with van der Waals surface area (Å²) in [6, 6.07) is 24.0. The SMILES string of the molecule is CC(=O)O/N=C(/N)c1cccc(CC(c2nc3ccccc3s2)N(c2cccc(NC(=O)c3cccnc3)c2)S(=O)O)c1. The van der Waals surface area contributed by atoms with E-state index in [1.165, 1.54) is 28.8 Å². The molecule has 0 aliphatic rings. The summed E-state index contributed by atoms with van der Waals surface area (Å²) in [4.78, 5) is 37.4. The molecule has 0 aliphatic heterocycles. The van der Waals surface area contributed by atoms with Gasteiger partial charge in [-0.15, -0.1) is 11.3 Å². The molecular formula is C30H26N6O5S2. The van der Waals surface area contributed by atoms with Crippen molar-refractivity contribution in [3.05, 3.63) is 119 Å². The summed E-state index contributed by atoms with van der Waals surface area (Å²) in [6.45, 7) is 1.22. The minimum absolute atomic E-state index is 0.00763. The Balaban J connectivity index is 1.53. The predicted molar refractivity (Wildman–Crippen MR) is 167 cm³/mol. The normalized spacial score (nSPS) is 12.8. The van der Waals surface area contributed by atoms with E-state index in [-0.39, 0.29) is 18.2 Å². The van der Waals surface area contributed by atoms with Crippen LogP contribution in [0.5, 0.6) is 0 Å². The molecular weight excluding hydrogens is 589 g/mol. The van der Waals surface area contributed by atoms with Crippen molar-refractivity contribution < 1.29 is 23.2 Å². The number of para-hydroxylation sites is 1. The number of fused-ring (bicyclic) bond motifs is 1. The number of hydrogen-bond donors (Lipinski definition) is 3. The van der Waals surface area contributed by atoms with E-state index in [4.69, 9.17) is 10.7 Å². The standard InChI is InChI=1S/C30H26N6O5S2/c1-19(37)41-35-28(31)21-8-4-7-20(15-21)16-26(30-34-25-12-2-3-13-27(25)42-30)36(43(39)40)24-11-5-10-23(17-24)33-29(38)22-9-6-14-32-18-22/h2-15,17-18,26H,16H2,1H3,(H2,31,35)(H,33,38)(H,39,40). The summed E-state index contributed by atoms with van der Waals surface area (Å²) in [5.74, 6) is -0.961. The average molecular weight is 615 g/mol. The van der Waals surface area contributed by atoms with Gasteiger partial charge in [0.25, 0.3) is 17.2 Å². The molecule has 2 aromatic heterocycles. The summed E-state index contributed by atoms with van der Waals surface area (Å²) in [5.41, 5.74) is 9.26. The molecule has 0 radical (unpaired) electrons. The number of benzene rings is 3. The summed E-state index contributed by atoms with van der Waals surface area (Å²) in [5, 5.41) is 7.10. The van der Waals surface area contributed by atoms with Crippen LogP contribution in [-0.2, 0) is 27.3 Å². The Morgan fingerprint density at radius 2 is 1.86 bits per heavy atom. The monoisotopic (exact) mass is 614 g/mol. The number of carbonyl (C=O) groups is 2. The first kappa shape index (κ1) is 29.5. The Morgan fingerprint density at radius 3 is 2.60 bits per heavy atom. The molecule has 0 saturated heterocycles. The minimum atomic E-state index is -2.49. The number of thiazole rings is 1. The van der Waals surface area contributed by atoms with Crippen LogP contribution in [-0.4, -0.2) is 36.4 Å². The maximum absolute atomic E-state index is 13.0. The molecule has 4 N–H and O–H groups in total. The van der Waals surface area contributed by atoms with Crippen LogP contribution in [0.2, 0.25) is 0 Å². The number of hydrogen-bond acceptors (Lipinski definition) is 8. The maximum Gasteiger partial charge on any atom is 0.332 e. The highest BCUT2D eigenvalue weighted by Crippen LogP contribution is 2.36. The first-order valence-electron chi connectivity index (χ1n) is 13.0. The second-order valence-electron chi connectivity index (χ2n) is 9.30. The van der Waals surface area contributed by atoms with Crippen molar-refractivity contribution in [2.75, 3.05) is 9.62 Å². The third-order valence-electron chi connectivity index (χ3n) is 6.25. The van der Waals surface area contributed by atoms with E-state index >= 15 is 0 Å². The third kappa shape index (κ3) is 7.27. The number of nitrogens with zero attached hydrogens (tertiary/aromatic N) is 4. The van der Waals surface area contributed by atoms with Crippen molar-refractivity contribution in [1.29, 1.82) is 0 Å². The van der Waals surface area contributed by atoms with Gasteiger partial charge < -0.3 is 15.9 Å². The lowest BCUT2D eigenvalue weighted by Crippen LogP contribution is -2.32. The topological polar surface area (TPSA) is 160 Å². The molecule has 0 saturated carbocycles. The molecule has 2 heterocycles. The summed E-state index contributed by atoms with van der Waals surface area (Å²) < 4.78 is 26.0. The molecule has 11 nitrogen and oxygen atoms in total. The van der Waals surface area contributed by atoms with Crippen molar-refractivity contribution in [2.24, 2.45) is 10.9 Å². The van der Waals surface area contributed by atoms with Crippen molar-refractivity contribution in [1.82, 2.24) is 9.97 Å². The maximum atomic E-state index is 13.0. The zero-order valence-electron chi connectivity index (χ0n) is 22.8. The second-order valence-corrected chi connectivity index (χ2v) is 11.2. The first-order valence-corrected chi connectivity index (χ1v) is 14.8. The number of amides is 1. The Bertz CT molecular complexity index is 1800. The van der Waals surface area contributed by atoms with E-state index in [1.807, 2.05) is 30.3 Å². The van der Waals surface area contributed by atoms with Gasteiger partial charge in [0, 0.05) is 37.0 Å². The Morgan fingerprint density at radius 1 is 1.07 bits per heavy atom. The summed E-state index contributed by atoms with van der Waals surface area (Å²) in [6.07, 6.45) is 3.28. The number of aromatic nitrogens is 2. The van der Waals surface area contributed by atoms with Crippen LogP contribution in [0.4, 0.5) is 11.4 Å². The number of nitrogens with one attached hydrogen (secondary N) is 1. The zero-order chi connectivity index (χ0) is 30.3. The molecule has 2 unspecified atom stereocenters. The minimum Gasteiger partial charge on any atom is -0.380 e. The number of nitrogens with two attached hydrogens (primary N) is 1. The zero-order valence-corrected chi connectivity index (χ0v) is 24.4. The fraction of sp³-hybridized carbons (Fsp3) is 0.100. The van der Waals surface area contributed by atoms with E-state index in [0.29, 0.717) is 27.5 Å². The van der Waals surface area contributed by atoms with E-state index in [1.54, 1.807) is 60.8 Å². The van der Waals surface area contributed by atoms with Crippen LogP contribution in [0.1, 0.15) is 39.5 Å². The van der Waals surface area contributed by atoms with E-state index in [0.717, 1.165) is 15.8 Å². The highest BCUT2D eigenvalue weighted by atomic mass is 32.2. The first-order chi connectivity index (χ1) is 20.8. The van der Waals surface area contributed by atoms with Crippen LogP contribution in [0.3, 0.4) is 0 Å². The van der Waals surface area contributed by atoms with E-state index in [2.05, 4.69) is 20.3 Å². The van der Waals surface area contributed by atoms with Crippen LogP contribution >= 0.6 is 11.3 Å². The van der Waals surface area contributed by atoms with Crippen molar-refractivity contribution in [2.45, 2.75) is 19.4 Å². The van der Waals surface area contributed by atoms with Gasteiger partial charge in [0.1, 0.15) is 11.0 Å². The molecule has 3 aromatic carbocycles.